The first-order valence-electron chi connectivity index (χ1n) is 6.59. The molecule has 4 N–H and O–H groups in total. The molecule has 0 spiro atoms. The summed E-state index contributed by atoms with van der Waals surface area (Å²) < 4.78 is 68.2. The Morgan fingerprint density at radius 1 is 0.500 bits per heavy atom. The molecular formula is C15H13F5O4. The number of hydrogen-bond acceptors (Lipinski definition) is 4. The van der Waals surface area contributed by atoms with Crippen molar-refractivity contribution in [3.63, 3.8) is 0 Å². The Morgan fingerprint density at radius 2 is 0.917 bits per heavy atom. The van der Waals surface area contributed by atoms with Gasteiger partial charge in [-0.2, -0.15) is 4.39 Å². The summed E-state index contributed by atoms with van der Waals surface area (Å²) in [4.78, 5) is 0. The van der Waals surface area contributed by atoms with Crippen molar-refractivity contribution in [2.24, 2.45) is 0 Å². The zero-order valence-corrected chi connectivity index (χ0v) is 12.7. The SMILES string of the molecule is CC.Cc1c(F)c(F)c(-c2c(O)c(O)c(O)c(F)c2O)c(F)c1F. The normalized spacial score (nSPS) is 10.3. The molecule has 0 aromatic heterocycles. The number of phenols is 4. The summed E-state index contributed by atoms with van der Waals surface area (Å²) >= 11 is 0. The van der Waals surface area contributed by atoms with Crippen LogP contribution in [0, 0.1) is 36.0 Å². The van der Waals surface area contributed by atoms with Crippen molar-refractivity contribution >= 4 is 0 Å². The topological polar surface area (TPSA) is 80.9 Å². The summed E-state index contributed by atoms with van der Waals surface area (Å²) in [7, 11) is 0. The van der Waals surface area contributed by atoms with Crippen LogP contribution in [0.3, 0.4) is 0 Å². The van der Waals surface area contributed by atoms with E-state index in [0.717, 1.165) is 6.92 Å². The van der Waals surface area contributed by atoms with Crippen molar-refractivity contribution in [3.05, 3.63) is 34.6 Å². The number of rotatable bonds is 1. The van der Waals surface area contributed by atoms with E-state index in [1.807, 2.05) is 13.8 Å². The lowest BCUT2D eigenvalue weighted by Gasteiger charge is -2.14. The second-order valence-corrected chi connectivity index (χ2v) is 4.34. The Kier molecular flexibility index (Phi) is 5.49. The van der Waals surface area contributed by atoms with Crippen molar-refractivity contribution in [2.75, 3.05) is 0 Å². The van der Waals surface area contributed by atoms with Crippen LogP contribution in [-0.4, -0.2) is 20.4 Å². The van der Waals surface area contributed by atoms with Crippen molar-refractivity contribution in [1.29, 1.82) is 0 Å². The molecule has 4 nitrogen and oxygen atoms in total. The summed E-state index contributed by atoms with van der Waals surface area (Å²) in [5, 5.41) is 37.3. The lowest BCUT2D eigenvalue weighted by Crippen LogP contribution is -2.04. The summed E-state index contributed by atoms with van der Waals surface area (Å²) in [6.45, 7) is 4.73. The molecule has 0 atom stereocenters. The van der Waals surface area contributed by atoms with Crippen LogP contribution in [0.1, 0.15) is 19.4 Å². The summed E-state index contributed by atoms with van der Waals surface area (Å²) in [6, 6.07) is 0. The Hall–Kier alpha value is -2.71. The fraction of sp³-hybridized carbons (Fsp3) is 0.200. The molecule has 0 bridgehead atoms. The second kappa shape index (κ2) is 6.81. The van der Waals surface area contributed by atoms with Gasteiger partial charge < -0.3 is 20.4 Å². The van der Waals surface area contributed by atoms with Gasteiger partial charge in [0.05, 0.1) is 11.1 Å². The van der Waals surface area contributed by atoms with E-state index in [9.17, 15) is 37.3 Å². The van der Waals surface area contributed by atoms with Crippen molar-refractivity contribution < 1.29 is 42.4 Å². The van der Waals surface area contributed by atoms with Crippen LogP contribution in [0.4, 0.5) is 22.0 Å². The first kappa shape index (κ1) is 19.3. The molecule has 0 aliphatic heterocycles. The zero-order valence-electron chi connectivity index (χ0n) is 12.7. The third-order valence-electron chi connectivity index (χ3n) is 3.07. The van der Waals surface area contributed by atoms with E-state index in [1.54, 1.807) is 0 Å². The Bertz CT molecular complexity index is 680. The van der Waals surface area contributed by atoms with Crippen LogP contribution in [0.15, 0.2) is 0 Å². The minimum Gasteiger partial charge on any atom is -0.504 e. The van der Waals surface area contributed by atoms with Gasteiger partial charge >= 0.3 is 0 Å². The van der Waals surface area contributed by atoms with Gasteiger partial charge in [0.15, 0.2) is 34.8 Å². The monoisotopic (exact) mass is 352 g/mol. The minimum absolute atomic E-state index is 0.731. The van der Waals surface area contributed by atoms with Gasteiger partial charge in [0, 0.05) is 5.56 Å². The van der Waals surface area contributed by atoms with Crippen molar-refractivity contribution in [1.82, 2.24) is 0 Å². The Balaban J connectivity index is 0.00000139. The predicted octanol–water partition coefficient (Wildman–Crippen LogP) is 4.21. The maximum Gasteiger partial charge on any atom is 0.211 e. The molecule has 132 valence electrons. The van der Waals surface area contributed by atoms with Gasteiger partial charge in [-0.05, 0) is 6.92 Å². The number of benzene rings is 2. The molecule has 0 unspecified atom stereocenters. The van der Waals surface area contributed by atoms with Crippen LogP contribution in [0.2, 0.25) is 0 Å². The maximum absolute atomic E-state index is 13.8. The third-order valence-corrected chi connectivity index (χ3v) is 3.07. The van der Waals surface area contributed by atoms with Crippen LogP contribution >= 0.6 is 0 Å². The van der Waals surface area contributed by atoms with E-state index < -0.39 is 68.8 Å². The van der Waals surface area contributed by atoms with Gasteiger partial charge in [-0.3, -0.25) is 0 Å². The molecule has 0 aliphatic carbocycles. The van der Waals surface area contributed by atoms with Gasteiger partial charge in [0.1, 0.15) is 0 Å². The van der Waals surface area contributed by atoms with E-state index in [1.165, 1.54) is 0 Å². The quantitative estimate of drug-likeness (QED) is 0.268. The van der Waals surface area contributed by atoms with Crippen molar-refractivity contribution in [3.8, 4) is 34.1 Å². The zero-order chi connectivity index (χ0) is 18.9. The van der Waals surface area contributed by atoms with E-state index in [0.29, 0.717) is 0 Å². The second-order valence-electron chi connectivity index (χ2n) is 4.34. The molecule has 0 fully saturated rings. The largest absolute Gasteiger partial charge is 0.504 e. The predicted molar refractivity (Wildman–Crippen MR) is 74.4 cm³/mol. The van der Waals surface area contributed by atoms with Crippen LogP contribution < -0.4 is 0 Å². The molecule has 0 heterocycles. The average molecular weight is 352 g/mol. The van der Waals surface area contributed by atoms with Crippen LogP contribution in [-0.2, 0) is 0 Å². The first-order valence-corrected chi connectivity index (χ1v) is 6.59. The molecular weight excluding hydrogens is 339 g/mol. The van der Waals surface area contributed by atoms with Gasteiger partial charge in [0.2, 0.25) is 17.3 Å². The summed E-state index contributed by atoms with van der Waals surface area (Å²) in [5.74, 6) is -16.1. The third kappa shape index (κ3) is 2.66. The fourth-order valence-corrected chi connectivity index (χ4v) is 1.87. The molecule has 0 saturated heterocycles. The maximum atomic E-state index is 13.8. The van der Waals surface area contributed by atoms with E-state index >= 15 is 0 Å². The smallest absolute Gasteiger partial charge is 0.211 e. The highest BCUT2D eigenvalue weighted by Crippen LogP contribution is 2.51. The number of halogens is 5. The van der Waals surface area contributed by atoms with Gasteiger partial charge in [-0.15, -0.1) is 0 Å². The lowest BCUT2D eigenvalue weighted by molar-refractivity contribution is 0.336. The highest BCUT2D eigenvalue weighted by molar-refractivity contribution is 5.82. The van der Waals surface area contributed by atoms with Gasteiger partial charge in [-0.1, -0.05) is 13.8 Å². The lowest BCUT2D eigenvalue weighted by atomic mass is 9.98. The summed E-state index contributed by atoms with van der Waals surface area (Å²) in [6.07, 6.45) is 0. The van der Waals surface area contributed by atoms with Gasteiger partial charge in [-0.25, -0.2) is 17.6 Å². The number of aromatic hydroxyl groups is 4. The molecule has 0 aliphatic rings. The average Bonchev–Trinajstić information content (AvgIpc) is 2.59. The molecule has 2 aromatic rings. The fourth-order valence-electron chi connectivity index (χ4n) is 1.87. The highest BCUT2D eigenvalue weighted by atomic mass is 19.2. The van der Waals surface area contributed by atoms with Crippen LogP contribution in [0.25, 0.3) is 11.1 Å². The molecule has 24 heavy (non-hydrogen) atoms. The van der Waals surface area contributed by atoms with E-state index in [-0.39, 0.29) is 0 Å². The molecule has 9 heteroatoms. The molecule has 2 aromatic carbocycles. The van der Waals surface area contributed by atoms with Crippen LogP contribution in [0.5, 0.6) is 23.0 Å². The Labute approximate surface area is 133 Å². The standard InChI is InChI=1S/C13H7F5O4.C2H6/c1-2-5(14)7(16)3(8(17)6(2)15)4-10(19)9(18)12(21)13(22)11(4)20;1-2/h19-22H,1H3;1-2H3. The first-order chi connectivity index (χ1) is 11.1. The Morgan fingerprint density at radius 3 is 1.33 bits per heavy atom. The number of hydrogen-bond donors (Lipinski definition) is 4. The summed E-state index contributed by atoms with van der Waals surface area (Å²) in [5.41, 5.74) is -4.09. The van der Waals surface area contributed by atoms with E-state index in [2.05, 4.69) is 0 Å². The minimum atomic E-state index is -2.02. The van der Waals surface area contributed by atoms with Crippen molar-refractivity contribution in [2.45, 2.75) is 20.8 Å². The molecule has 0 saturated carbocycles. The number of phenolic OH excluding ortho intramolecular Hbond substituents is 4. The molecule has 2 rings (SSSR count). The molecule has 0 amide bonds. The van der Waals surface area contributed by atoms with E-state index in [4.69, 9.17) is 5.11 Å². The van der Waals surface area contributed by atoms with Gasteiger partial charge in [0.25, 0.3) is 0 Å². The molecule has 0 radical (unpaired) electrons. The highest BCUT2D eigenvalue weighted by Gasteiger charge is 2.32.